The Kier molecular flexibility index (Phi) is 4.43. The molecule has 1 aliphatic heterocycles. The summed E-state index contributed by atoms with van der Waals surface area (Å²) in [4.78, 5) is 24.4. The van der Waals surface area contributed by atoms with E-state index >= 15 is 0 Å². The monoisotopic (exact) mass is 313 g/mol. The summed E-state index contributed by atoms with van der Waals surface area (Å²) in [7, 11) is 0. The lowest BCUT2D eigenvalue weighted by atomic mass is 10.1. The van der Waals surface area contributed by atoms with Gasteiger partial charge in [0, 0.05) is 23.8 Å². The van der Waals surface area contributed by atoms with Crippen molar-refractivity contribution in [1.82, 2.24) is 10.6 Å². The van der Waals surface area contributed by atoms with Gasteiger partial charge in [-0.15, -0.1) is 0 Å². The Morgan fingerprint density at radius 2 is 2.13 bits per heavy atom. The summed E-state index contributed by atoms with van der Waals surface area (Å²) in [5.41, 5.74) is 2.00. The number of amides is 2. The SMILES string of the molecule is Cc1ccc(C(=O)NC2CCNC2)cc1NC(=O)c1ccco1. The zero-order valence-corrected chi connectivity index (χ0v) is 12.9. The van der Waals surface area contributed by atoms with Crippen molar-refractivity contribution in [2.45, 2.75) is 19.4 Å². The maximum atomic E-state index is 12.3. The van der Waals surface area contributed by atoms with Crippen molar-refractivity contribution >= 4 is 17.5 Å². The normalized spacial score (nSPS) is 17.0. The zero-order chi connectivity index (χ0) is 16.2. The van der Waals surface area contributed by atoms with E-state index in [0.717, 1.165) is 25.1 Å². The standard InChI is InChI=1S/C17H19N3O3/c1-11-4-5-12(16(21)19-13-6-7-18-10-13)9-14(11)20-17(22)15-3-2-8-23-15/h2-5,8-9,13,18H,6-7,10H2,1H3,(H,19,21)(H,20,22). The number of carbonyl (C=O) groups is 2. The number of anilines is 1. The lowest BCUT2D eigenvalue weighted by molar-refractivity contribution is 0.0938. The molecule has 23 heavy (non-hydrogen) atoms. The minimum Gasteiger partial charge on any atom is -0.459 e. The molecule has 0 aliphatic carbocycles. The fourth-order valence-electron chi connectivity index (χ4n) is 2.54. The van der Waals surface area contributed by atoms with Gasteiger partial charge in [-0.2, -0.15) is 0 Å². The second-order valence-electron chi connectivity index (χ2n) is 5.62. The predicted octanol–water partition coefficient (Wildman–Crippen LogP) is 1.93. The molecule has 120 valence electrons. The summed E-state index contributed by atoms with van der Waals surface area (Å²) in [5, 5.41) is 8.98. The third-order valence-electron chi connectivity index (χ3n) is 3.89. The van der Waals surface area contributed by atoms with Crippen LogP contribution >= 0.6 is 0 Å². The largest absolute Gasteiger partial charge is 0.459 e. The Bertz CT molecular complexity index is 704. The molecule has 1 saturated heterocycles. The van der Waals surface area contributed by atoms with Gasteiger partial charge >= 0.3 is 0 Å². The highest BCUT2D eigenvalue weighted by atomic mass is 16.3. The molecule has 1 unspecified atom stereocenters. The Labute approximate surface area is 134 Å². The topological polar surface area (TPSA) is 83.4 Å². The number of aryl methyl sites for hydroxylation is 1. The van der Waals surface area contributed by atoms with Crippen LogP contribution in [0.15, 0.2) is 41.0 Å². The summed E-state index contributed by atoms with van der Waals surface area (Å²) in [6, 6.07) is 8.67. The van der Waals surface area contributed by atoms with Crippen LogP contribution in [-0.4, -0.2) is 30.9 Å². The first-order valence-corrected chi connectivity index (χ1v) is 7.60. The number of rotatable bonds is 4. The summed E-state index contributed by atoms with van der Waals surface area (Å²) in [6.45, 7) is 3.59. The predicted molar refractivity (Wildman–Crippen MR) is 86.6 cm³/mol. The number of hydrogen-bond acceptors (Lipinski definition) is 4. The maximum Gasteiger partial charge on any atom is 0.291 e. The van der Waals surface area contributed by atoms with Gasteiger partial charge in [0.15, 0.2) is 5.76 Å². The van der Waals surface area contributed by atoms with Crippen LogP contribution in [0.5, 0.6) is 0 Å². The van der Waals surface area contributed by atoms with Crippen molar-refractivity contribution in [3.05, 3.63) is 53.5 Å². The van der Waals surface area contributed by atoms with Crippen molar-refractivity contribution in [2.75, 3.05) is 18.4 Å². The molecule has 0 spiro atoms. The van der Waals surface area contributed by atoms with Gasteiger partial charge in [0.2, 0.25) is 0 Å². The van der Waals surface area contributed by atoms with Crippen LogP contribution in [0.1, 0.15) is 32.9 Å². The van der Waals surface area contributed by atoms with Crippen LogP contribution < -0.4 is 16.0 Å². The van der Waals surface area contributed by atoms with E-state index in [1.165, 1.54) is 6.26 Å². The smallest absolute Gasteiger partial charge is 0.291 e. The first-order chi connectivity index (χ1) is 11.1. The van der Waals surface area contributed by atoms with E-state index in [1.807, 2.05) is 13.0 Å². The van der Waals surface area contributed by atoms with Gasteiger partial charge in [-0.05, 0) is 49.7 Å². The fourth-order valence-corrected chi connectivity index (χ4v) is 2.54. The van der Waals surface area contributed by atoms with Gasteiger partial charge in [0.25, 0.3) is 11.8 Å². The zero-order valence-electron chi connectivity index (χ0n) is 12.9. The first-order valence-electron chi connectivity index (χ1n) is 7.60. The van der Waals surface area contributed by atoms with E-state index in [1.54, 1.807) is 24.3 Å². The Morgan fingerprint density at radius 1 is 1.26 bits per heavy atom. The van der Waals surface area contributed by atoms with E-state index in [-0.39, 0.29) is 23.6 Å². The van der Waals surface area contributed by atoms with Crippen LogP contribution in [0.2, 0.25) is 0 Å². The molecule has 3 N–H and O–H groups in total. The molecule has 1 aromatic carbocycles. The molecule has 2 aromatic rings. The molecule has 0 saturated carbocycles. The number of benzene rings is 1. The highest BCUT2D eigenvalue weighted by Gasteiger charge is 2.18. The molecular formula is C17H19N3O3. The van der Waals surface area contributed by atoms with Crippen LogP contribution in [0.4, 0.5) is 5.69 Å². The molecule has 1 aromatic heterocycles. The third kappa shape index (κ3) is 3.60. The Morgan fingerprint density at radius 3 is 2.83 bits per heavy atom. The summed E-state index contributed by atoms with van der Waals surface area (Å²) in [6.07, 6.45) is 2.38. The van der Waals surface area contributed by atoms with Crippen molar-refractivity contribution in [1.29, 1.82) is 0 Å². The van der Waals surface area contributed by atoms with Gasteiger partial charge in [0.1, 0.15) is 0 Å². The van der Waals surface area contributed by atoms with Crippen molar-refractivity contribution in [2.24, 2.45) is 0 Å². The van der Waals surface area contributed by atoms with Crippen molar-refractivity contribution < 1.29 is 14.0 Å². The van der Waals surface area contributed by atoms with Crippen molar-refractivity contribution in [3.8, 4) is 0 Å². The number of furan rings is 1. The summed E-state index contributed by atoms with van der Waals surface area (Å²) < 4.78 is 5.08. The Balaban J connectivity index is 1.73. The quantitative estimate of drug-likeness (QED) is 0.805. The molecule has 1 atom stereocenters. The molecule has 6 nitrogen and oxygen atoms in total. The van der Waals surface area contributed by atoms with E-state index in [9.17, 15) is 9.59 Å². The number of carbonyl (C=O) groups excluding carboxylic acids is 2. The van der Waals surface area contributed by atoms with Gasteiger partial charge < -0.3 is 20.4 Å². The van der Waals surface area contributed by atoms with Gasteiger partial charge in [-0.3, -0.25) is 9.59 Å². The minimum absolute atomic E-state index is 0.132. The van der Waals surface area contributed by atoms with Gasteiger partial charge in [-0.1, -0.05) is 6.07 Å². The maximum absolute atomic E-state index is 12.3. The van der Waals surface area contributed by atoms with Gasteiger partial charge in [0.05, 0.1) is 6.26 Å². The third-order valence-corrected chi connectivity index (χ3v) is 3.89. The second kappa shape index (κ2) is 6.66. The molecule has 1 fully saturated rings. The lowest BCUT2D eigenvalue weighted by Gasteiger charge is -2.13. The lowest BCUT2D eigenvalue weighted by Crippen LogP contribution is -2.36. The van der Waals surface area contributed by atoms with Crippen LogP contribution in [-0.2, 0) is 0 Å². The molecule has 1 aliphatic rings. The van der Waals surface area contributed by atoms with E-state index < -0.39 is 0 Å². The average molecular weight is 313 g/mol. The molecule has 0 bridgehead atoms. The number of nitrogens with one attached hydrogen (secondary N) is 3. The first kappa shape index (κ1) is 15.3. The summed E-state index contributed by atoms with van der Waals surface area (Å²) in [5.74, 6) is -0.237. The molecule has 6 heteroatoms. The minimum atomic E-state index is -0.337. The second-order valence-corrected chi connectivity index (χ2v) is 5.62. The molecule has 2 heterocycles. The summed E-state index contributed by atoms with van der Waals surface area (Å²) >= 11 is 0. The highest BCUT2D eigenvalue weighted by molar-refractivity contribution is 6.03. The molecular weight excluding hydrogens is 294 g/mol. The molecule has 0 radical (unpaired) electrons. The van der Waals surface area contributed by atoms with E-state index in [0.29, 0.717) is 11.3 Å². The molecule has 2 amide bonds. The van der Waals surface area contributed by atoms with Crippen LogP contribution in [0, 0.1) is 6.92 Å². The van der Waals surface area contributed by atoms with E-state index in [2.05, 4.69) is 16.0 Å². The molecule has 3 rings (SSSR count). The average Bonchev–Trinajstić information content (AvgIpc) is 3.22. The van der Waals surface area contributed by atoms with Crippen molar-refractivity contribution in [3.63, 3.8) is 0 Å². The van der Waals surface area contributed by atoms with Gasteiger partial charge in [-0.25, -0.2) is 0 Å². The van der Waals surface area contributed by atoms with Crippen LogP contribution in [0.25, 0.3) is 0 Å². The Hall–Kier alpha value is -2.60. The highest BCUT2D eigenvalue weighted by Crippen LogP contribution is 2.18. The van der Waals surface area contributed by atoms with E-state index in [4.69, 9.17) is 4.42 Å². The number of hydrogen-bond donors (Lipinski definition) is 3. The fraction of sp³-hybridized carbons (Fsp3) is 0.294. The van der Waals surface area contributed by atoms with Crippen LogP contribution in [0.3, 0.4) is 0 Å².